The summed E-state index contributed by atoms with van der Waals surface area (Å²) in [6.45, 7) is 2.05. The third-order valence-electron chi connectivity index (χ3n) is 2.68. The van der Waals surface area contributed by atoms with Crippen LogP contribution in [-0.2, 0) is 16.0 Å². The number of carbonyl (C=O) groups excluding carboxylic acids is 1. The SMILES string of the molecule is CCOC(=O)Cc1cc(=O)oc2cc(OC)ccc12. The molecular weight excluding hydrogens is 248 g/mol. The molecule has 0 fully saturated rings. The molecule has 5 nitrogen and oxygen atoms in total. The lowest BCUT2D eigenvalue weighted by atomic mass is 10.1. The van der Waals surface area contributed by atoms with Gasteiger partial charge in [0.1, 0.15) is 11.3 Å². The van der Waals surface area contributed by atoms with Gasteiger partial charge in [-0.25, -0.2) is 4.79 Å². The van der Waals surface area contributed by atoms with Gasteiger partial charge in [0, 0.05) is 17.5 Å². The summed E-state index contributed by atoms with van der Waals surface area (Å²) in [6.07, 6.45) is 0.0439. The first kappa shape index (κ1) is 13.1. The van der Waals surface area contributed by atoms with Crippen molar-refractivity contribution in [3.8, 4) is 5.75 Å². The van der Waals surface area contributed by atoms with Crippen molar-refractivity contribution in [1.29, 1.82) is 0 Å². The normalized spacial score (nSPS) is 10.4. The van der Waals surface area contributed by atoms with Gasteiger partial charge in [0.15, 0.2) is 0 Å². The fourth-order valence-electron chi connectivity index (χ4n) is 1.85. The van der Waals surface area contributed by atoms with Crippen LogP contribution in [0.5, 0.6) is 5.75 Å². The zero-order chi connectivity index (χ0) is 13.8. The second-order valence-electron chi connectivity index (χ2n) is 3.93. The van der Waals surface area contributed by atoms with Gasteiger partial charge in [0.05, 0.1) is 20.1 Å². The summed E-state index contributed by atoms with van der Waals surface area (Å²) in [4.78, 5) is 23.0. The van der Waals surface area contributed by atoms with Crippen molar-refractivity contribution in [1.82, 2.24) is 0 Å². The first-order chi connectivity index (χ1) is 9.13. The summed E-state index contributed by atoms with van der Waals surface area (Å²) in [5.41, 5.74) is 0.485. The average Bonchev–Trinajstić information content (AvgIpc) is 2.37. The zero-order valence-corrected chi connectivity index (χ0v) is 10.8. The number of benzene rings is 1. The summed E-state index contributed by atoms with van der Waals surface area (Å²) in [6, 6.07) is 6.43. The van der Waals surface area contributed by atoms with E-state index >= 15 is 0 Å². The van der Waals surface area contributed by atoms with Crippen molar-refractivity contribution >= 4 is 16.9 Å². The van der Waals surface area contributed by atoms with Crippen molar-refractivity contribution in [2.24, 2.45) is 0 Å². The van der Waals surface area contributed by atoms with Crippen molar-refractivity contribution in [2.45, 2.75) is 13.3 Å². The fourth-order valence-corrected chi connectivity index (χ4v) is 1.85. The number of esters is 1. The molecule has 2 aromatic rings. The van der Waals surface area contributed by atoms with Gasteiger partial charge in [-0.05, 0) is 24.6 Å². The summed E-state index contributed by atoms with van der Waals surface area (Å²) in [7, 11) is 1.53. The topological polar surface area (TPSA) is 65.7 Å². The third kappa shape index (κ3) is 2.93. The highest BCUT2D eigenvalue weighted by molar-refractivity contribution is 5.85. The number of carbonyl (C=O) groups is 1. The molecule has 0 aliphatic carbocycles. The zero-order valence-electron chi connectivity index (χ0n) is 10.8. The minimum atomic E-state index is -0.500. The molecule has 0 saturated carbocycles. The lowest BCUT2D eigenvalue weighted by molar-refractivity contribution is -0.142. The maximum atomic E-state index is 11.5. The van der Waals surface area contributed by atoms with Crippen LogP contribution in [0, 0.1) is 0 Å². The second-order valence-corrected chi connectivity index (χ2v) is 3.93. The number of ether oxygens (including phenoxy) is 2. The molecule has 0 aliphatic heterocycles. The molecule has 0 amide bonds. The summed E-state index contributed by atoms with van der Waals surface area (Å²) >= 11 is 0. The van der Waals surface area contributed by atoms with Crippen molar-refractivity contribution in [3.63, 3.8) is 0 Å². The number of hydrogen-bond donors (Lipinski definition) is 0. The van der Waals surface area contributed by atoms with Gasteiger partial charge in [-0.1, -0.05) is 0 Å². The molecule has 1 aromatic heterocycles. The molecule has 0 N–H and O–H groups in total. The highest BCUT2D eigenvalue weighted by Gasteiger charge is 2.11. The Labute approximate surface area is 109 Å². The predicted molar refractivity (Wildman–Crippen MR) is 69.4 cm³/mol. The van der Waals surface area contributed by atoms with E-state index < -0.39 is 5.63 Å². The lowest BCUT2D eigenvalue weighted by Crippen LogP contribution is -2.10. The maximum absolute atomic E-state index is 11.5. The van der Waals surface area contributed by atoms with Crippen LogP contribution in [0.25, 0.3) is 11.0 Å². The molecule has 100 valence electrons. The summed E-state index contributed by atoms with van der Waals surface area (Å²) in [5.74, 6) is 0.217. The second kappa shape index (κ2) is 5.56. The Morgan fingerprint density at radius 3 is 2.79 bits per heavy atom. The largest absolute Gasteiger partial charge is 0.497 e. The van der Waals surface area contributed by atoms with Crippen molar-refractivity contribution in [2.75, 3.05) is 13.7 Å². The Balaban J connectivity index is 2.48. The van der Waals surface area contributed by atoms with Crippen LogP contribution in [-0.4, -0.2) is 19.7 Å². The number of fused-ring (bicyclic) bond motifs is 1. The molecule has 1 aromatic carbocycles. The molecular formula is C14H14O5. The van der Waals surface area contributed by atoms with Gasteiger partial charge in [-0.2, -0.15) is 0 Å². The molecule has 0 spiro atoms. The Hall–Kier alpha value is -2.30. The number of rotatable bonds is 4. The maximum Gasteiger partial charge on any atom is 0.336 e. The van der Waals surface area contributed by atoms with Crippen LogP contribution in [0.2, 0.25) is 0 Å². The van der Waals surface area contributed by atoms with Gasteiger partial charge in [-0.15, -0.1) is 0 Å². The molecule has 0 atom stereocenters. The average molecular weight is 262 g/mol. The molecule has 19 heavy (non-hydrogen) atoms. The van der Waals surface area contributed by atoms with Crippen LogP contribution in [0.15, 0.2) is 33.5 Å². The standard InChI is InChI=1S/C14H14O5/c1-3-18-13(15)6-9-7-14(16)19-12-8-10(17-2)4-5-11(9)12/h4-5,7-8H,3,6H2,1-2H3. The number of methoxy groups -OCH3 is 1. The monoisotopic (exact) mass is 262 g/mol. The number of hydrogen-bond acceptors (Lipinski definition) is 5. The van der Waals surface area contributed by atoms with Crippen LogP contribution < -0.4 is 10.4 Å². The minimum absolute atomic E-state index is 0.0439. The molecule has 0 radical (unpaired) electrons. The van der Waals surface area contributed by atoms with E-state index in [-0.39, 0.29) is 12.4 Å². The van der Waals surface area contributed by atoms with E-state index in [1.165, 1.54) is 13.2 Å². The quantitative estimate of drug-likeness (QED) is 0.622. The molecule has 0 unspecified atom stereocenters. The Kier molecular flexibility index (Phi) is 3.85. The van der Waals surface area contributed by atoms with E-state index in [9.17, 15) is 9.59 Å². The van der Waals surface area contributed by atoms with E-state index in [4.69, 9.17) is 13.9 Å². The van der Waals surface area contributed by atoms with E-state index in [0.717, 1.165) is 0 Å². The summed E-state index contributed by atoms with van der Waals surface area (Å²) < 4.78 is 15.0. The molecule has 0 saturated heterocycles. The highest BCUT2D eigenvalue weighted by Crippen LogP contribution is 2.22. The minimum Gasteiger partial charge on any atom is -0.497 e. The van der Waals surface area contributed by atoms with Crippen LogP contribution in [0.1, 0.15) is 12.5 Å². The summed E-state index contributed by atoms with van der Waals surface area (Å²) in [5, 5.41) is 0.702. The van der Waals surface area contributed by atoms with E-state index in [0.29, 0.717) is 28.9 Å². The van der Waals surface area contributed by atoms with Crippen LogP contribution in [0.4, 0.5) is 0 Å². The Morgan fingerprint density at radius 2 is 2.11 bits per heavy atom. The van der Waals surface area contributed by atoms with Gasteiger partial charge in [0.2, 0.25) is 0 Å². The van der Waals surface area contributed by atoms with Gasteiger partial charge < -0.3 is 13.9 Å². The fraction of sp³-hybridized carbons (Fsp3) is 0.286. The van der Waals surface area contributed by atoms with E-state index in [2.05, 4.69) is 0 Å². The van der Waals surface area contributed by atoms with Crippen LogP contribution >= 0.6 is 0 Å². The van der Waals surface area contributed by atoms with E-state index in [1.54, 1.807) is 25.1 Å². The van der Waals surface area contributed by atoms with Crippen molar-refractivity contribution < 1.29 is 18.7 Å². The van der Waals surface area contributed by atoms with Gasteiger partial charge in [0.25, 0.3) is 0 Å². The highest BCUT2D eigenvalue weighted by atomic mass is 16.5. The van der Waals surface area contributed by atoms with Crippen LogP contribution in [0.3, 0.4) is 0 Å². The smallest absolute Gasteiger partial charge is 0.336 e. The molecule has 2 rings (SSSR count). The van der Waals surface area contributed by atoms with Gasteiger partial charge in [-0.3, -0.25) is 4.79 Å². The third-order valence-corrected chi connectivity index (χ3v) is 2.68. The van der Waals surface area contributed by atoms with E-state index in [1.807, 2.05) is 0 Å². The molecule has 0 aliphatic rings. The predicted octanol–water partition coefficient (Wildman–Crippen LogP) is 1.91. The Morgan fingerprint density at radius 1 is 1.32 bits per heavy atom. The van der Waals surface area contributed by atoms with Gasteiger partial charge >= 0.3 is 11.6 Å². The molecule has 1 heterocycles. The van der Waals surface area contributed by atoms with Crippen molar-refractivity contribution in [3.05, 3.63) is 40.2 Å². The first-order valence-electron chi connectivity index (χ1n) is 5.90. The first-order valence-corrected chi connectivity index (χ1v) is 5.90. The molecule has 5 heteroatoms. The Bertz CT molecular complexity index is 656. The molecule has 0 bridgehead atoms. The lowest BCUT2D eigenvalue weighted by Gasteiger charge is -2.06.